The van der Waals surface area contributed by atoms with Crippen LogP contribution in [0.15, 0.2) is 66.7 Å². The van der Waals surface area contributed by atoms with E-state index in [1.165, 1.54) is 0 Å². The largest absolute Gasteiger partial charge is 0.496 e. The van der Waals surface area contributed by atoms with Gasteiger partial charge in [-0.1, -0.05) is 43.3 Å². The molecule has 0 amide bonds. The van der Waals surface area contributed by atoms with Crippen LogP contribution in [0.5, 0.6) is 17.2 Å². The molecule has 0 bridgehead atoms. The van der Waals surface area contributed by atoms with E-state index in [0.717, 1.165) is 27.7 Å². The first-order valence-corrected chi connectivity index (χ1v) is 11.1. The van der Waals surface area contributed by atoms with Gasteiger partial charge < -0.3 is 19.3 Å². The zero-order chi connectivity index (χ0) is 24.1. The van der Waals surface area contributed by atoms with Crippen LogP contribution in [0.1, 0.15) is 39.7 Å². The number of ether oxygens (including phenoxy) is 3. The fourth-order valence-electron chi connectivity index (χ4n) is 4.03. The van der Waals surface area contributed by atoms with Crippen molar-refractivity contribution in [3.63, 3.8) is 0 Å². The first-order valence-electron chi connectivity index (χ1n) is 11.1. The summed E-state index contributed by atoms with van der Waals surface area (Å²) < 4.78 is 17.4. The summed E-state index contributed by atoms with van der Waals surface area (Å²) in [6, 6.07) is 21.1. The van der Waals surface area contributed by atoms with Gasteiger partial charge in [0.05, 0.1) is 18.3 Å². The minimum Gasteiger partial charge on any atom is -0.496 e. The van der Waals surface area contributed by atoms with Crippen molar-refractivity contribution in [2.24, 2.45) is 0 Å². The summed E-state index contributed by atoms with van der Waals surface area (Å²) in [5.74, 6) is 0.570. The lowest BCUT2D eigenvalue weighted by Gasteiger charge is -2.17. The monoisotopic (exact) mass is 457 g/mol. The second-order valence-corrected chi connectivity index (χ2v) is 7.93. The SMILES string of the molecule is CCc1c(OC)cc(OCc2cccc(OCc3ccc4ccccc4n3)c2)c(C(=O)O)c1C. The van der Waals surface area contributed by atoms with Crippen molar-refractivity contribution in [2.45, 2.75) is 33.5 Å². The highest BCUT2D eigenvalue weighted by Gasteiger charge is 2.21. The Balaban J connectivity index is 1.48. The number of carboxylic acids is 1. The van der Waals surface area contributed by atoms with Crippen LogP contribution >= 0.6 is 0 Å². The average Bonchev–Trinajstić information content (AvgIpc) is 2.85. The Morgan fingerprint density at radius 1 is 0.941 bits per heavy atom. The molecule has 0 aliphatic carbocycles. The van der Waals surface area contributed by atoms with E-state index >= 15 is 0 Å². The lowest BCUT2D eigenvalue weighted by Crippen LogP contribution is -2.09. The number of carboxylic acid groups (broad SMARTS) is 1. The van der Waals surface area contributed by atoms with E-state index in [9.17, 15) is 9.90 Å². The van der Waals surface area contributed by atoms with Crippen molar-refractivity contribution in [2.75, 3.05) is 7.11 Å². The molecule has 0 saturated carbocycles. The molecule has 4 rings (SSSR count). The van der Waals surface area contributed by atoms with Gasteiger partial charge in [-0.2, -0.15) is 0 Å². The highest BCUT2D eigenvalue weighted by molar-refractivity contribution is 5.93. The van der Waals surface area contributed by atoms with Gasteiger partial charge in [-0.3, -0.25) is 0 Å². The maximum Gasteiger partial charge on any atom is 0.339 e. The van der Waals surface area contributed by atoms with Gasteiger partial charge in [0.15, 0.2) is 0 Å². The first-order chi connectivity index (χ1) is 16.5. The van der Waals surface area contributed by atoms with Crippen molar-refractivity contribution < 1.29 is 24.1 Å². The van der Waals surface area contributed by atoms with Crippen LogP contribution in [0.25, 0.3) is 10.9 Å². The molecule has 6 nitrogen and oxygen atoms in total. The topological polar surface area (TPSA) is 77.9 Å². The van der Waals surface area contributed by atoms with Crippen LogP contribution in [0.2, 0.25) is 0 Å². The Hall–Kier alpha value is -4.06. The highest BCUT2D eigenvalue weighted by atomic mass is 16.5. The molecule has 0 atom stereocenters. The molecule has 3 aromatic carbocycles. The number of aromatic carboxylic acids is 1. The number of carbonyl (C=O) groups is 1. The van der Waals surface area contributed by atoms with Crippen LogP contribution in [-0.4, -0.2) is 23.2 Å². The standard InChI is InChI=1S/C28H27NO5/c1-4-23-18(2)27(28(30)31)26(15-25(23)32-3)34-16-19-8-7-10-22(14-19)33-17-21-13-12-20-9-5-6-11-24(20)29-21/h5-15H,4,16-17H2,1-3H3,(H,30,31). The molecule has 4 aromatic rings. The molecule has 0 saturated heterocycles. The van der Waals surface area contributed by atoms with Gasteiger partial charge in [0.1, 0.15) is 36.0 Å². The molecule has 6 heteroatoms. The number of rotatable bonds is 9. The lowest BCUT2D eigenvalue weighted by atomic mass is 9.98. The molecule has 0 aliphatic heterocycles. The molecule has 174 valence electrons. The Labute approximate surface area is 198 Å². The van der Waals surface area contributed by atoms with Gasteiger partial charge in [0.25, 0.3) is 0 Å². The average molecular weight is 458 g/mol. The number of aromatic nitrogens is 1. The number of benzene rings is 3. The molecule has 0 fully saturated rings. The molecular weight excluding hydrogens is 430 g/mol. The van der Waals surface area contributed by atoms with E-state index in [-0.39, 0.29) is 17.9 Å². The van der Waals surface area contributed by atoms with Crippen LogP contribution in [0.4, 0.5) is 0 Å². The molecule has 0 aliphatic rings. The third-order valence-corrected chi connectivity index (χ3v) is 5.76. The maximum absolute atomic E-state index is 11.9. The second kappa shape index (κ2) is 10.3. The number of hydrogen-bond acceptors (Lipinski definition) is 5. The lowest BCUT2D eigenvalue weighted by molar-refractivity contribution is 0.0690. The first kappa shape index (κ1) is 23.1. The van der Waals surface area contributed by atoms with Crippen molar-refractivity contribution in [1.82, 2.24) is 4.98 Å². The van der Waals surface area contributed by atoms with Crippen LogP contribution in [-0.2, 0) is 19.6 Å². The predicted molar refractivity (Wildman–Crippen MR) is 131 cm³/mol. The Morgan fingerprint density at radius 2 is 1.76 bits per heavy atom. The molecule has 1 N–H and O–H groups in total. The number of para-hydroxylation sites is 1. The van der Waals surface area contributed by atoms with E-state index in [1.807, 2.05) is 67.6 Å². The predicted octanol–water partition coefficient (Wildman–Crippen LogP) is 5.97. The fraction of sp³-hybridized carbons (Fsp3) is 0.214. The van der Waals surface area contributed by atoms with Crippen molar-refractivity contribution in [3.05, 3.63) is 94.7 Å². The van der Waals surface area contributed by atoms with Gasteiger partial charge in [0, 0.05) is 11.5 Å². The van der Waals surface area contributed by atoms with E-state index in [1.54, 1.807) is 20.1 Å². The number of methoxy groups -OCH3 is 1. The number of hydrogen-bond donors (Lipinski definition) is 1. The molecule has 0 radical (unpaired) electrons. The van der Waals surface area contributed by atoms with Gasteiger partial charge in [-0.25, -0.2) is 9.78 Å². The van der Waals surface area contributed by atoms with Gasteiger partial charge in [-0.15, -0.1) is 0 Å². The van der Waals surface area contributed by atoms with E-state index in [2.05, 4.69) is 4.98 Å². The third-order valence-electron chi connectivity index (χ3n) is 5.76. The fourth-order valence-corrected chi connectivity index (χ4v) is 4.03. The molecule has 1 heterocycles. The minimum atomic E-state index is -1.02. The highest BCUT2D eigenvalue weighted by Crippen LogP contribution is 2.34. The second-order valence-electron chi connectivity index (χ2n) is 7.93. The van der Waals surface area contributed by atoms with Crippen LogP contribution < -0.4 is 14.2 Å². The van der Waals surface area contributed by atoms with Crippen molar-refractivity contribution in [1.29, 1.82) is 0 Å². The summed E-state index contributed by atoms with van der Waals surface area (Å²) in [5, 5.41) is 10.9. The van der Waals surface area contributed by atoms with Gasteiger partial charge >= 0.3 is 5.97 Å². The quantitative estimate of drug-likeness (QED) is 0.334. The molecule has 0 spiro atoms. The Kier molecular flexibility index (Phi) is 6.97. The molecule has 34 heavy (non-hydrogen) atoms. The molecule has 1 aromatic heterocycles. The third kappa shape index (κ3) is 4.96. The van der Waals surface area contributed by atoms with Crippen molar-refractivity contribution >= 4 is 16.9 Å². The van der Waals surface area contributed by atoms with Crippen LogP contribution in [0, 0.1) is 6.92 Å². The smallest absolute Gasteiger partial charge is 0.339 e. The van der Waals surface area contributed by atoms with E-state index < -0.39 is 5.97 Å². The summed E-state index contributed by atoms with van der Waals surface area (Å²) >= 11 is 0. The normalized spacial score (nSPS) is 10.8. The summed E-state index contributed by atoms with van der Waals surface area (Å²) in [7, 11) is 1.57. The number of nitrogens with zero attached hydrogens (tertiary/aromatic N) is 1. The Bertz CT molecular complexity index is 1330. The van der Waals surface area contributed by atoms with Crippen molar-refractivity contribution in [3.8, 4) is 17.2 Å². The number of pyridine rings is 1. The van der Waals surface area contributed by atoms with Gasteiger partial charge in [-0.05, 0) is 54.3 Å². The summed E-state index contributed by atoms with van der Waals surface area (Å²) in [6.45, 7) is 4.29. The van der Waals surface area contributed by atoms with Crippen LogP contribution in [0.3, 0.4) is 0 Å². The summed E-state index contributed by atoms with van der Waals surface area (Å²) in [5.41, 5.74) is 4.31. The number of fused-ring (bicyclic) bond motifs is 1. The van der Waals surface area contributed by atoms with E-state index in [0.29, 0.717) is 30.1 Å². The minimum absolute atomic E-state index is 0.160. The summed E-state index contributed by atoms with van der Waals surface area (Å²) in [6.07, 6.45) is 0.668. The maximum atomic E-state index is 11.9. The summed E-state index contributed by atoms with van der Waals surface area (Å²) in [4.78, 5) is 16.6. The Morgan fingerprint density at radius 3 is 2.53 bits per heavy atom. The van der Waals surface area contributed by atoms with E-state index in [4.69, 9.17) is 14.2 Å². The zero-order valence-corrected chi connectivity index (χ0v) is 19.5. The zero-order valence-electron chi connectivity index (χ0n) is 19.5. The molecular formula is C28H27NO5. The molecule has 0 unspecified atom stereocenters. The van der Waals surface area contributed by atoms with Gasteiger partial charge in [0.2, 0.25) is 0 Å².